The first-order chi connectivity index (χ1) is 18.0. The van der Waals surface area contributed by atoms with Crippen LogP contribution >= 0.6 is 11.8 Å². The topological polar surface area (TPSA) is 90.5 Å². The van der Waals surface area contributed by atoms with E-state index in [-0.39, 0.29) is 17.8 Å². The Bertz CT molecular complexity index is 1260. The lowest BCUT2D eigenvalue weighted by Crippen LogP contribution is -2.49. The van der Waals surface area contributed by atoms with E-state index in [2.05, 4.69) is 16.0 Å². The molecule has 0 spiro atoms. The Kier molecular flexibility index (Phi) is 8.85. The molecule has 37 heavy (non-hydrogen) atoms. The van der Waals surface area contributed by atoms with Gasteiger partial charge in [-0.05, 0) is 41.3 Å². The van der Waals surface area contributed by atoms with Crippen molar-refractivity contribution in [3.63, 3.8) is 0 Å². The number of hydrogen-bond donors (Lipinski definition) is 3. The zero-order valence-electron chi connectivity index (χ0n) is 21.1. The maximum absolute atomic E-state index is 13.5. The molecule has 192 valence electrons. The molecule has 1 atom stereocenters. The van der Waals surface area contributed by atoms with Crippen molar-refractivity contribution in [3.8, 4) is 11.1 Å². The summed E-state index contributed by atoms with van der Waals surface area (Å²) in [6.45, 7) is 5.06. The van der Waals surface area contributed by atoms with E-state index in [1.165, 1.54) is 0 Å². The van der Waals surface area contributed by atoms with E-state index in [9.17, 15) is 14.4 Å². The molecule has 0 saturated carbocycles. The predicted octanol–water partition coefficient (Wildman–Crippen LogP) is 4.71. The number of anilines is 1. The molecule has 1 aliphatic heterocycles. The average Bonchev–Trinajstić information content (AvgIpc) is 3.05. The summed E-state index contributed by atoms with van der Waals surface area (Å²) < 4.78 is 0. The number of carbonyl (C=O) groups excluding carboxylic acids is 3. The van der Waals surface area contributed by atoms with Crippen LogP contribution in [0.3, 0.4) is 0 Å². The summed E-state index contributed by atoms with van der Waals surface area (Å²) >= 11 is 1.59. The van der Waals surface area contributed by atoms with E-state index in [1.807, 2.05) is 79.7 Å². The van der Waals surface area contributed by atoms with Gasteiger partial charge in [0.1, 0.15) is 6.04 Å². The van der Waals surface area contributed by atoms with Crippen molar-refractivity contribution in [2.24, 2.45) is 0 Å². The lowest BCUT2D eigenvalue weighted by molar-refractivity contribution is -0.127. The number of nitrogens with zero attached hydrogens (tertiary/aromatic N) is 1. The van der Waals surface area contributed by atoms with Gasteiger partial charge in [-0.1, -0.05) is 67.6 Å². The highest BCUT2D eigenvalue weighted by atomic mass is 32.2. The number of rotatable bonds is 8. The van der Waals surface area contributed by atoms with Gasteiger partial charge in [-0.25, -0.2) is 4.79 Å². The summed E-state index contributed by atoms with van der Waals surface area (Å²) in [6.07, 6.45) is 0.336. The summed E-state index contributed by atoms with van der Waals surface area (Å²) in [4.78, 5) is 40.3. The molecule has 0 bridgehead atoms. The van der Waals surface area contributed by atoms with E-state index in [4.69, 9.17) is 0 Å². The van der Waals surface area contributed by atoms with Crippen molar-refractivity contribution in [3.05, 3.63) is 83.9 Å². The Labute approximate surface area is 222 Å². The fourth-order valence-corrected chi connectivity index (χ4v) is 5.32. The van der Waals surface area contributed by atoms with Crippen LogP contribution in [0.1, 0.15) is 31.4 Å². The lowest BCUT2D eigenvalue weighted by Gasteiger charge is -2.26. The summed E-state index contributed by atoms with van der Waals surface area (Å²) in [7, 11) is 0. The fraction of sp³-hybridized carbons (Fsp3) is 0.276. The van der Waals surface area contributed by atoms with Gasteiger partial charge in [-0.15, -0.1) is 11.8 Å². The van der Waals surface area contributed by atoms with Crippen LogP contribution in [0, 0.1) is 0 Å². The smallest absolute Gasteiger partial charge is 0.315 e. The Morgan fingerprint density at radius 3 is 2.43 bits per heavy atom. The van der Waals surface area contributed by atoms with E-state index >= 15 is 0 Å². The third-order valence-corrected chi connectivity index (χ3v) is 7.34. The molecule has 4 amide bonds. The van der Waals surface area contributed by atoms with Crippen LogP contribution in [-0.4, -0.2) is 36.2 Å². The Hall–Kier alpha value is -3.78. The van der Waals surface area contributed by atoms with Gasteiger partial charge in [0, 0.05) is 30.2 Å². The number of thioether (sulfide) groups is 1. The largest absolute Gasteiger partial charge is 0.343 e. The van der Waals surface area contributed by atoms with Gasteiger partial charge in [-0.2, -0.15) is 0 Å². The van der Waals surface area contributed by atoms with Crippen molar-refractivity contribution in [2.75, 3.05) is 17.2 Å². The van der Waals surface area contributed by atoms with E-state index in [1.54, 1.807) is 23.6 Å². The fourth-order valence-electron chi connectivity index (χ4n) is 4.24. The number of para-hydroxylation sites is 1. The van der Waals surface area contributed by atoms with Crippen LogP contribution in [0.25, 0.3) is 11.1 Å². The van der Waals surface area contributed by atoms with Crippen molar-refractivity contribution in [1.29, 1.82) is 0 Å². The van der Waals surface area contributed by atoms with Gasteiger partial charge >= 0.3 is 6.03 Å². The second-order valence-corrected chi connectivity index (χ2v) is 9.81. The molecule has 4 rings (SSSR count). The van der Waals surface area contributed by atoms with Crippen LogP contribution in [0.15, 0.2) is 77.7 Å². The number of fused-ring (bicyclic) bond motifs is 1. The highest BCUT2D eigenvalue weighted by Gasteiger charge is 2.31. The lowest BCUT2D eigenvalue weighted by atomic mass is 9.98. The van der Waals surface area contributed by atoms with Gasteiger partial charge < -0.3 is 20.9 Å². The second kappa shape index (κ2) is 12.5. The minimum absolute atomic E-state index is 0.106. The average molecular weight is 517 g/mol. The second-order valence-electron chi connectivity index (χ2n) is 8.74. The molecule has 8 heteroatoms. The van der Waals surface area contributed by atoms with Crippen molar-refractivity contribution in [1.82, 2.24) is 16.0 Å². The molecule has 3 aromatic rings. The Balaban J connectivity index is 1.55. The molecule has 0 unspecified atom stereocenters. The molecular formula is C29H32N4O3S. The van der Waals surface area contributed by atoms with Crippen molar-refractivity contribution in [2.45, 2.75) is 44.3 Å². The first-order valence-electron chi connectivity index (χ1n) is 12.5. The number of amides is 4. The maximum Gasteiger partial charge on any atom is 0.315 e. The molecule has 3 N–H and O–H groups in total. The van der Waals surface area contributed by atoms with E-state index in [0.717, 1.165) is 32.8 Å². The summed E-state index contributed by atoms with van der Waals surface area (Å²) in [6, 6.07) is 23.2. The molecule has 0 radical (unpaired) electrons. The number of benzene rings is 3. The third-order valence-electron chi connectivity index (χ3n) is 6.18. The molecule has 0 aliphatic carbocycles. The normalized spacial score (nSPS) is 14.9. The van der Waals surface area contributed by atoms with Gasteiger partial charge in [0.15, 0.2) is 0 Å². The van der Waals surface area contributed by atoms with Gasteiger partial charge in [0.25, 0.3) is 5.91 Å². The molecule has 0 fully saturated rings. The van der Waals surface area contributed by atoms with Crippen LogP contribution in [0.4, 0.5) is 10.5 Å². The first kappa shape index (κ1) is 26.3. The van der Waals surface area contributed by atoms with Crippen LogP contribution < -0.4 is 20.9 Å². The van der Waals surface area contributed by atoms with Crippen LogP contribution in [0.2, 0.25) is 0 Å². The molecule has 3 aromatic carbocycles. The number of nitrogens with one attached hydrogen (secondary N) is 3. The van der Waals surface area contributed by atoms with Gasteiger partial charge in [-0.3, -0.25) is 9.59 Å². The van der Waals surface area contributed by atoms with Gasteiger partial charge in [0.05, 0.1) is 12.2 Å². The maximum atomic E-state index is 13.5. The third kappa shape index (κ3) is 6.51. The molecule has 0 aromatic heterocycles. The van der Waals surface area contributed by atoms with Crippen molar-refractivity contribution < 1.29 is 14.4 Å². The SMILES string of the molecule is CCNC(=O)NCc1ccccc1-c1ccc(CN2C(=O)[C@H](NC(=O)CC)CSc3ccccc32)cc1. The monoisotopic (exact) mass is 516 g/mol. The Morgan fingerprint density at radius 2 is 1.68 bits per heavy atom. The van der Waals surface area contributed by atoms with E-state index < -0.39 is 6.04 Å². The standard InChI is InChI=1S/C29H32N4O3S/c1-3-27(34)32-24-19-37-26-12-8-7-11-25(26)33(28(24)35)18-20-13-15-21(16-14-20)23-10-6-5-9-22(23)17-31-29(36)30-4-2/h5-16,24H,3-4,17-19H2,1-2H3,(H,32,34)(H2,30,31,36)/t24-/m1/s1. The number of hydrogen-bond acceptors (Lipinski definition) is 4. The van der Waals surface area contributed by atoms with Gasteiger partial charge in [0.2, 0.25) is 5.91 Å². The highest BCUT2D eigenvalue weighted by Crippen LogP contribution is 2.35. The zero-order valence-corrected chi connectivity index (χ0v) is 21.9. The summed E-state index contributed by atoms with van der Waals surface area (Å²) in [5.41, 5.74) is 4.93. The van der Waals surface area contributed by atoms with Crippen LogP contribution in [-0.2, 0) is 22.7 Å². The number of carbonyl (C=O) groups is 3. The molecule has 0 saturated heterocycles. The minimum Gasteiger partial charge on any atom is -0.343 e. The molecule has 7 nitrogen and oxygen atoms in total. The summed E-state index contributed by atoms with van der Waals surface area (Å²) in [5, 5.41) is 8.53. The molecular weight excluding hydrogens is 484 g/mol. The highest BCUT2D eigenvalue weighted by molar-refractivity contribution is 7.99. The Morgan fingerprint density at radius 1 is 0.946 bits per heavy atom. The minimum atomic E-state index is -0.576. The van der Waals surface area contributed by atoms with E-state index in [0.29, 0.717) is 31.8 Å². The number of urea groups is 1. The predicted molar refractivity (Wildman–Crippen MR) is 148 cm³/mol. The van der Waals surface area contributed by atoms with Crippen molar-refractivity contribution >= 4 is 35.3 Å². The molecule has 1 heterocycles. The van der Waals surface area contributed by atoms with Crippen LogP contribution in [0.5, 0.6) is 0 Å². The first-order valence-corrected chi connectivity index (χ1v) is 13.5. The molecule has 1 aliphatic rings. The quantitative estimate of drug-likeness (QED) is 0.405. The summed E-state index contributed by atoms with van der Waals surface area (Å²) in [5.74, 6) is 0.262. The zero-order chi connectivity index (χ0) is 26.2.